The molecule has 0 atom stereocenters. The Hall–Kier alpha value is -3.85. The summed E-state index contributed by atoms with van der Waals surface area (Å²) in [6.07, 6.45) is 7.06. The maximum absolute atomic E-state index is 12.7. The number of amidine groups is 2. The number of aliphatic imine (C=N–C) groups is 1. The highest BCUT2D eigenvalue weighted by Gasteiger charge is 2.35. The van der Waals surface area contributed by atoms with Crippen molar-refractivity contribution in [1.82, 2.24) is 5.01 Å². The van der Waals surface area contributed by atoms with Gasteiger partial charge in [0, 0.05) is 0 Å². The second kappa shape index (κ2) is 12.4. The lowest BCUT2D eigenvalue weighted by Gasteiger charge is -2.20. The van der Waals surface area contributed by atoms with Gasteiger partial charge in [-0.2, -0.15) is 15.1 Å². The molecule has 9 heteroatoms. The number of allylic oxidation sites excluding steroid dienone is 1. The normalized spacial score (nSPS) is 15.8. The first-order valence-corrected chi connectivity index (χ1v) is 13.0. The average Bonchev–Trinajstić information content (AvgIpc) is 3.32. The van der Waals surface area contributed by atoms with Gasteiger partial charge >= 0.3 is 0 Å². The summed E-state index contributed by atoms with van der Waals surface area (Å²) in [5.41, 5.74) is 1.93. The number of rotatable bonds is 12. The van der Waals surface area contributed by atoms with Gasteiger partial charge in [0.05, 0.1) is 12.7 Å². The molecule has 2 aromatic rings. The molecule has 4 rings (SSSR count). The number of hydrogen-bond acceptors (Lipinski definition) is 7. The van der Waals surface area contributed by atoms with E-state index in [0.717, 1.165) is 42.0 Å². The largest absolute Gasteiger partial charge is 0.493 e. The van der Waals surface area contributed by atoms with Crippen LogP contribution in [-0.4, -0.2) is 47.3 Å². The van der Waals surface area contributed by atoms with Gasteiger partial charge in [-0.1, -0.05) is 43.7 Å². The van der Waals surface area contributed by atoms with Crippen molar-refractivity contribution in [3.05, 3.63) is 71.8 Å². The standard InChI is InChI=1S/C28H30N4O4S/c1-4-6-12-25-31-32-26(29)21(27(33)30-28(32)37-25)17-19-13-14-23(24(18-19)34-3)36-16-15-35-22-11-8-7-10-20(22)9-5-2/h5,7-8,10-11,13-14,17-18,29H,2,4,6,9,12,15-16H2,1,3H3/b21-17-,29-26?. The van der Waals surface area contributed by atoms with Crippen molar-refractivity contribution < 1.29 is 19.0 Å². The first-order chi connectivity index (χ1) is 18.0. The van der Waals surface area contributed by atoms with E-state index in [0.29, 0.717) is 35.4 Å². The highest BCUT2D eigenvalue weighted by Crippen LogP contribution is 2.32. The van der Waals surface area contributed by atoms with Crippen LogP contribution >= 0.6 is 11.8 Å². The molecule has 2 heterocycles. The van der Waals surface area contributed by atoms with Crippen molar-refractivity contribution in [1.29, 1.82) is 5.41 Å². The number of hydrazone groups is 1. The summed E-state index contributed by atoms with van der Waals surface area (Å²) in [4.78, 5) is 16.8. The summed E-state index contributed by atoms with van der Waals surface area (Å²) < 4.78 is 17.3. The number of para-hydroxylation sites is 1. The van der Waals surface area contributed by atoms with Crippen LogP contribution in [0.4, 0.5) is 0 Å². The Morgan fingerprint density at radius 3 is 2.65 bits per heavy atom. The molecule has 0 aromatic heterocycles. The van der Waals surface area contributed by atoms with Crippen LogP contribution in [-0.2, 0) is 11.2 Å². The molecular weight excluding hydrogens is 488 g/mol. The fourth-order valence-electron chi connectivity index (χ4n) is 3.79. The summed E-state index contributed by atoms with van der Waals surface area (Å²) >= 11 is 1.36. The van der Waals surface area contributed by atoms with Gasteiger partial charge in [0.2, 0.25) is 5.17 Å². The van der Waals surface area contributed by atoms with Gasteiger partial charge in [0.25, 0.3) is 5.91 Å². The number of nitrogens with one attached hydrogen (secondary N) is 1. The lowest BCUT2D eigenvalue weighted by molar-refractivity contribution is -0.114. The number of amides is 1. The lowest BCUT2D eigenvalue weighted by atomic mass is 10.1. The van der Waals surface area contributed by atoms with Crippen molar-refractivity contribution in [3.63, 3.8) is 0 Å². The van der Waals surface area contributed by atoms with Gasteiger partial charge in [-0.05, 0) is 66.4 Å². The SMILES string of the molecule is C=CCc1ccccc1OCCOc1ccc(/C=C2/C(=N)N3N=C(CCCC)SC3=NC2=O)cc1OC. The van der Waals surface area contributed by atoms with Crippen LogP contribution in [0.2, 0.25) is 0 Å². The number of carbonyl (C=O) groups excluding carboxylic acids is 1. The molecule has 192 valence electrons. The Labute approximate surface area is 221 Å². The van der Waals surface area contributed by atoms with E-state index in [4.69, 9.17) is 19.6 Å². The lowest BCUT2D eigenvalue weighted by Crippen LogP contribution is -2.35. The summed E-state index contributed by atoms with van der Waals surface area (Å²) in [6, 6.07) is 13.2. The van der Waals surface area contributed by atoms with Crippen molar-refractivity contribution in [2.75, 3.05) is 20.3 Å². The number of unbranched alkanes of at least 4 members (excludes halogenated alkanes) is 1. The summed E-state index contributed by atoms with van der Waals surface area (Å²) in [5.74, 6) is 1.44. The molecule has 2 aliphatic rings. The van der Waals surface area contributed by atoms with E-state index >= 15 is 0 Å². The van der Waals surface area contributed by atoms with Crippen LogP contribution in [0.5, 0.6) is 17.2 Å². The third-order valence-electron chi connectivity index (χ3n) is 5.67. The van der Waals surface area contributed by atoms with E-state index in [2.05, 4.69) is 23.6 Å². The predicted octanol–water partition coefficient (Wildman–Crippen LogP) is 5.69. The third kappa shape index (κ3) is 6.29. The van der Waals surface area contributed by atoms with Gasteiger partial charge in [-0.15, -0.1) is 6.58 Å². The van der Waals surface area contributed by atoms with Crippen LogP contribution in [0.15, 0.2) is 70.8 Å². The molecule has 0 radical (unpaired) electrons. The van der Waals surface area contributed by atoms with E-state index in [1.54, 1.807) is 31.4 Å². The van der Waals surface area contributed by atoms with Crippen molar-refractivity contribution in [2.45, 2.75) is 32.6 Å². The molecule has 0 saturated carbocycles. The smallest absolute Gasteiger partial charge is 0.283 e. The fraction of sp³-hybridized carbons (Fsp3) is 0.286. The fourth-order valence-corrected chi connectivity index (χ4v) is 4.72. The van der Waals surface area contributed by atoms with Gasteiger partial charge in [0.15, 0.2) is 17.3 Å². The molecule has 1 N–H and O–H groups in total. The molecule has 0 aliphatic carbocycles. The Balaban J connectivity index is 1.42. The Morgan fingerprint density at radius 1 is 1.11 bits per heavy atom. The summed E-state index contributed by atoms with van der Waals surface area (Å²) in [5, 5.41) is 15.8. The highest BCUT2D eigenvalue weighted by atomic mass is 32.2. The van der Waals surface area contributed by atoms with E-state index in [9.17, 15) is 4.79 Å². The van der Waals surface area contributed by atoms with Crippen molar-refractivity contribution in [2.24, 2.45) is 10.1 Å². The molecule has 2 aromatic carbocycles. The number of methoxy groups -OCH3 is 1. The van der Waals surface area contributed by atoms with Crippen molar-refractivity contribution >= 4 is 39.8 Å². The molecule has 8 nitrogen and oxygen atoms in total. The van der Waals surface area contributed by atoms with Gasteiger partial charge in [-0.3, -0.25) is 10.2 Å². The van der Waals surface area contributed by atoms with Crippen LogP contribution in [0, 0.1) is 5.41 Å². The zero-order valence-electron chi connectivity index (χ0n) is 21.0. The monoisotopic (exact) mass is 518 g/mol. The Kier molecular flexibility index (Phi) is 8.79. The second-order valence-corrected chi connectivity index (χ2v) is 9.37. The number of benzene rings is 2. The molecule has 0 saturated heterocycles. The van der Waals surface area contributed by atoms with Crippen LogP contribution in [0.3, 0.4) is 0 Å². The maximum Gasteiger partial charge on any atom is 0.283 e. The van der Waals surface area contributed by atoms with Crippen molar-refractivity contribution in [3.8, 4) is 17.2 Å². The molecule has 37 heavy (non-hydrogen) atoms. The molecule has 2 aliphatic heterocycles. The number of carbonyl (C=O) groups is 1. The second-order valence-electron chi connectivity index (χ2n) is 8.33. The molecule has 1 amide bonds. The summed E-state index contributed by atoms with van der Waals surface area (Å²) in [6.45, 7) is 6.59. The topological polar surface area (TPSA) is 96.6 Å². The molecule has 0 unspecified atom stereocenters. The van der Waals surface area contributed by atoms with E-state index < -0.39 is 5.91 Å². The van der Waals surface area contributed by atoms with Crippen LogP contribution in [0.25, 0.3) is 6.08 Å². The van der Waals surface area contributed by atoms with Crippen LogP contribution in [0.1, 0.15) is 37.3 Å². The number of ether oxygens (including phenoxy) is 3. The van der Waals surface area contributed by atoms with Gasteiger partial charge < -0.3 is 14.2 Å². The maximum atomic E-state index is 12.7. The number of fused-ring (bicyclic) bond motifs is 1. The minimum Gasteiger partial charge on any atom is -0.493 e. The molecule has 0 bridgehead atoms. The Bertz CT molecular complexity index is 1280. The predicted molar refractivity (Wildman–Crippen MR) is 149 cm³/mol. The minimum absolute atomic E-state index is 0.0159. The minimum atomic E-state index is -0.455. The first-order valence-electron chi connectivity index (χ1n) is 12.2. The molecule has 0 spiro atoms. The zero-order valence-corrected chi connectivity index (χ0v) is 21.8. The van der Waals surface area contributed by atoms with E-state index in [-0.39, 0.29) is 11.4 Å². The quantitative estimate of drug-likeness (QED) is 0.220. The zero-order chi connectivity index (χ0) is 26.2. The number of nitrogens with zero attached hydrogens (tertiary/aromatic N) is 3. The van der Waals surface area contributed by atoms with Gasteiger partial charge in [0.1, 0.15) is 24.0 Å². The molecule has 0 fully saturated rings. The molecular formula is C28H30N4O4S. The van der Waals surface area contributed by atoms with Gasteiger partial charge in [-0.25, -0.2) is 0 Å². The number of thioether (sulfide) groups is 1. The first kappa shape index (κ1) is 26.2. The number of hydrogen-bond donors (Lipinski definition) is 1. The van der Waals surface area contributed by atoms with Crippen LogP contribution < -0.4 is 14.2 Å². The van der Waals surface area contributed by atoms with E-state index in [1.165, 1.54) is 16.8 Å². The third-order valence-corrected chi connectivity index (χ3v) is 6.64. The summed E-state index contributed by atoms with van der Waals surface area (Å²) in [7, 11) is 1.56. The highest BCUT2D eigenvalue weighted by molar-refractivity contribution is 8.26. The average molecular weight is 519 g/mol. The Morgan fingerprint density at radius 2 is 1.89 bits per heavy atom. The van der Waals surface area contributed by atoms with E-state index in [1.807, 2.05) is 30.3 Å².